The molecule has 20 heavy (non-hydrogen) atoms. The second-order valence-electron chi connectivity index (χ2n) is 6.55. The van der Waals surface area contributed by atoms with E-state index in [0.717, 1.165) is 32.9 Å². The molecule has 0 saturated heterocycles. The van der Waals surface area contributed by atoms with Crippen LogP contribution >= 0.6 is 0 Å². The summed E-state index contributed by atoms with van der Waals surface area (Å²) in [5, 5.41) is 2.21. The Balaban J connectivity index is 2.12. The van der Waals surface area contributed by atoms with Crippen molar-refractivity contribution in [2.75, 3.05) is 27.7 Å². The van der Waals surface area contributed by atoms with Crippen LogP contribution in [0.4, 0.5) is 0 Å². The van der Waals surface area contributed by atoms with E-state index in [1.807, 2.05) is 24.3 Å². The fraction of sp³-hybridized carbons (Fsp3) is 0.278. The normalized spacial score (nSPS) is 18.4. The number of carbonyl (C=O) groups excluding carboxylic acids is 1. The molecule has 0 amide bonds. The maximum Gasteiger partial charge on any atom is 0.176 e. The van der Waals surface area contributed by atoms with Crippen LogP contribution in [0.25, 0.3) is 16.8 Å². The van der Waals surface area contributed by atoms with Crippen LogP contribution in [-0.4, -0.2) is 38.0 Å². The van der Waals surface area contributed by atoms with E-state index in [1.165, 1.54) is 0 Å². The first-order valence-electron chi connectivity index (χ1n) is 7.00. The van der Waals surface area contributed by atoms with Crippen molar-refractivity contribution >= 4 is 22.6 Å². The molecule has 1 unspecified atom stereocenters. The van der Waals surface area contributed by atoms with Gasteiger partial charge in [0.05, 0.1) is 33.6 Å². The van der Waals surface area contributed by atoms with Gasteiger partial charge in [-0.3, -0.25) is 4.79 Å². The average Bonchev–Trinajstić information content (AvgIpc) is 2.40. The molecule has 1 aliphatic rings. The van der Waals surface area contributed by atoms with Crippen molar-refractivity contribution in [1.82, 2.24) is 0 Å². The third-order valence-electron chi connectivity index (χ3n) is 3.80. The second kappa shape index (κ2) is 4.57. The molecule has 2 aromatic rings. The Morgan fingerprint density at radius 2 is 1.80 bits per heavy atom. The highest BCUT2D eigenvalue weighted by atomic mass is 16.1. The first-order chi connectivity index (χ1) is 9.46. The predicted octanol–water partition coefficient (Wildman–Crippen LogP) is 3.37. The van der Waals surface area contributed by atoms with E-state index in [-0.39, 0.29) is 11.7 Å². The molecule has 2 heteroatoms. The Bertz CT molecular complexity index is 707. The lowest BCUT2D eigenvalue weighted by atomic mass is 9.84. The van der Waals surface area contributed by atoms with Gasteiger partial charge in [0.2, 0.25) is 0 Å². The van der Waals surface area contributed by atoms with E-state index in [2.05, 4.69) is 45.4 Å². The molecule has 102 valence electrons. The van der Waals surface area contributed by atoms with Gasteiger partial charge in [-0.1, -0.05) is 48.6 Å². The van der Waals surface area contributed by atoms with Crippen LogP contribution in [0.1, 0.15) is 15.9 Å². The molecule has 0 bridgehead atoms. The predicted molar refractivity (Wildman–Crippen MR) is 83.7 cm³/mol. The molecule has 0 heterocycles. The SMILES string of the molecule is C[N+](C)(C)CC1C=Cc2ccc3ccccc3c2C1=O. The number of rotatable bonds is 2. The molecule has 3 rings (SSSR count). The smallest absolute Gasteiger partial charge is 0.176 e. The number of ketones is 1. The third kappa shape index (κ3) is 2.27. The lowest BCUT2D eigenvalue weighted by Gasteiger charge is -2.29. The zero-order valence-electron chi connectivity index (χ0n) is 12.3. The van der Waals surface area contributed by atoms with Crippen molar-refractivity contribution in [3.05, 3.63) is 53.6 Å². The van der Waals surface area contributed by atoms with Crippen molar-refractivity contribution in [2.45, 2.75) is 0 Å². The monoisotopic (exact) mass is 266 g/mol. The van der Waals surface area contributed by atoms with E-state index in [0.29, 0.717) is 0 Å². The van der Waals surface area contributed by atoms with Crippen LogP contribution in [0.5, 0.6) is 0 Å². The molecule has 2 nitrogen and oxygen atoms in total. The van der Waals surface area contributed by atoms with Gasteiger partial charge in [-0.15, -0.1) is 0 Å². The summed E-state index contributed by atoms with van der Waals surface area (Å²) < 4.78 is 0.793. The number of fused-ring (bicyclic) bond motifs is 3. The van der Waals surface area contributed by atoms with Crippen LogP contribution in [0.3, 0.4) is 0 Å². The van der Waals surface area contributed by atoms with Gasteiger partial charge in [-0.05, 0) is 16.3 Å². The first-order valence-corrected chi connectivity index (χ1v) is 7.00. The summed E-state index contributed by atoms with van der Waals surface area (Å²) in [6, 6.07) is 12.3. The van der Waals surface area contributed by atoms with Crippen LogP contribution in [0, 0.1) is 5.92 Å². The van der Waals surface area contributed by atoms with Crippen LogP contribution < -0.4 is 0 Å². The van der Waals surface area contributed by atoms with Gasteiger partial charge in [-0.25, -0.2) is 0 Å². The van der Waals surface area contributed by atoms with Crippen molar-refractivity contribution in [3.63, 3.8) is 0 Å². The zero-order valence-corrected chi connectivity index (χ0v) is 12.3. The molecule has 1 atom stereocenters. The highest BCUT2D eigenvalue weighted by molar-refractivity contribution is 6.14. The van der Waals surface area contributed by atoms with Gasteiger partial charge < -0.3 is 4.48 Å². The molecule has 0 spiro atoms. The molecule has 0 radical (unpaired) electrons. The van der Waals surface area contributed by atoms with E-state index in [9.17, 15) is 4.79 Å². The molecule has 0 fully saturated rings. The topological polar surface area (TPSA) is 17.1 Å². The van der Waals surface area contributed by atoms with Gasteiger partial charge in [-0.2, -0.15) is 0 Å². The molecule has 0 aromatic heterocycles. The molecule has 0 N–H and O–H groups in total. The number of benzene rings is 2. The van der Waals surface area contributed by atoms with Crippen molar-refractivity contribution in [1.29, 1.82) is 0 Å². The summed E-state index contributed by atoms with van der Waals surface area (Å²) in [7, 11) is 6.37. The van der Waals surface area contributed by atoms with E-state index < -0.39 is 0 Å². The first kappa shape index (κ1) is 13.1. The van der Waals surface area contributed by atoms with Crippen LogP contribution in [-0.2, 0) is 0 Å². The fourth-order valence-electron chi connectivity index (χ4n) is 2.93. The Morgan fingerprint density at radius 1 is 1.05 bits per heavy atom. The summed E-state index contributed by atoms with van der Waals surface area (Å²) in [5.41, 5.74) is 1.94. The third-order valence-corrected chi connectivity index (χ3v) is 3.80. The Hall–Kier alpha value is -1.93. The van der Waals surface area contributed by atoms with Gasteiger partial charge in [0.1, 0.15) is 0 Å². The van der Waals surface area contributed by atoms with Crippen molar-refractivity contribution in [2.24, 2.45) is 5.92 Å². The molecular formula is C18H20NO+. The molecular weight excluding hydrogens is 246 g/mol. The number of nitrogens with zero attached hydrogens (tertiary/aromatic N) is 1. The van der Waals surface area contributed by atoms with Crippen LogP contribution in [0.2, 0.25) is 0 Å². The zero-order chi connectivity index (χ0) is 14.3. The summed E-state index contributed by atoms with van der Waals surface area (Å²) in [5.74, 6) is 0.237. The summed E-state index contributed by atoms with van der Waals surface area (Å²) in [6.45, 7) is 0.831. The fourth-order valence-corrected chi connectivity index (χ4v) is 2.93. The highest BCUT2D eigenvalue weighted by Crippen LogP contribution is 2.30. The van der Waals surface area contributed by atoms with Gasteiger partial charge in [0, 0.05) is 5.56 Å². The average molecular weight is 266 g/mol. The number of hydrogen-bond acceptors (Lipinski definition) is 1. The Morgan fingerprint density at radius 3 is 2.55 bits per heavy atom. The van der Waals surface area contributed by atoms with Crippen LogP contribution in [0.15, 0.2) is 42.5 Å². The Kier molecular flexibility index (Phi) is 2.98. The van der Waals surface area contributed by atoms with Gasteiger partial charge in [0.15, 0.2) is 5.78 Å². The van der Waals surface area contributed by atoms with Gasteiger partial charge >= 0.3 is 0 Å². The van der Waals surface area contributed by atoms with Gasteiger partial charge in [0.25, 0.3) is 0 Å². The number of hydrogen-bond donors (Lipinski definition) is 0. The Labute approximate surface area is 119 Å². The molecule has 0 saturated carbocycles. The summed E-state index contributed by atoms with van der Waals surface area (Å²) in [6.07, 6.45) is 4.16. The lowest BCUT2D eigenvalue weighted by molar-refractivity contribution is -0.871. The molecule has 1 aliphatic carbocycles. The second-order valence-corrected chi connectivity index (χ2v) is 6.55. The molecule has 0 aliphatic heterocycles. The van der Waals surface area contributed by atoms with Crippen molar-refractivity contribution < 1.29 is 9.28 Å². The highest BCUT2D eigenvalue weighted by Gasteiger charge is 2.29. The summed E-state index contributed by atoms with van der Waals surface area (Å²) in [4.78, 5) is 12.8. The van der Waals surface area contributed by atoms with E-state index >= 15 is 0 Å². The number of Topliss-reactive ketones (excluding diaryl/α,β-unsaturated/α-hetero) is 1. The standard InChI is InChI=1S/C18H20NO/c1-19(2,3)12-15-11-10-14-9-8-13-6-4-5-7-16(13)17(14)18(15)20/h4-11,15H,12H2,1-3H3/q+1. The maximum atomic E-state index is 12.8. The van der Waals surface area contributed by atoms with E-state index in [4.69, 9.17) is 0 Å². The molecule has 2 aromatic carbocycles. The van der Waals surface area contributed by atoms with E-state index in [1.54, 1.807) is 0 Å². The maximum absolute atomic E-state index is 12.8. The van der Waals surface area contributed by atoms with Crippen molar-refractivity contribution in [3.8, 4) is 0 Å². The minimum absolute atomic E-state index is 0.0201. The summed E-state index contributed by atoms with van der Waals surface area (Å²) >= 11 is 0. The lowest BCUT2D eigenvalue weighted by Crippen LogP contribution is -2.41. The quantitative estimate of drug-likeness (QED) is 0.762. The minimum atomic E-state index is -0.0201. The minimum Gasteiger partial charge on any atom is -0.330 e. The number of quaternary nitrogens is 1. The number of carbonyl (C=O) groups is 1. The largest absolute Gasteiger partial charge is 0.330 e.